The zero-order chi connectivity index (χ0) is 46.1. The van der Waals surface area contributed by atoms with Crippen LogP contribution in [0.3, 0.4) is 0 Å². The van der Waals surface area contributed by atoms with E-state index in [4.69, 9.17) is 0 Å². The lowest BCUT2D eigenvalue weighted by molar-refractivity contribution is 0.661. The first kappa shape index (κ1) is 40.6. The number of para-hydroxylation sites is 5. The number of rotatable bonds is 8. The Morgan fingerprint density at radius 3 is 1.33 bits per heavy atom. The van der Waals surface area contributed by atoms with Gasteiger partial charge < -0.3 is 19.2 Å². The fourth-order valence-electron chi connectivity index (χ4n) is 11.2. The van der Waals surface area contributed by atoms with E-state index in [1.807, 2.05) is 6.07 Å². The molecule has 1 aliphatic carbocycles. The molecule has 0 saturated carbocycles. The van der Waals surface area contributed by atoms with Gasteiger partial charge in [-0.15, -0.1) is 0 Å². The van der Waals surface area contributed by atoms with Gasteiger partial charge in [-0.05, 0) is 141 Å². The summed E-state index contributed by atoms with van der Waals surface area (Å²) in [5.74, 6) is 0.714. The normalized spacial score (nSPS) is 14.2. The molecule has 0 bridgehead atoms. The van der Waals surface area contributed by atoms with E-state index in [0.29, 0.717) is 5.82 Å². The summed E-state index contributed by atoms with van der Waals surface area (Å²) in [5, 5.41) is 0. The average Bonchev–Trinajstić information content (AvgIpc) is 4.03. The lowest BCUT2D eigenvalue weighted by Gasteiger charge is -2.31. The van der Waals surface area contributed by atoms with Crippen LogP contribution in [-0.2, 0) is 5.41 Å². The molecule has 0 unspecified atom stereocenters. The predicted molar refractivity (Wildman–Crippen MR) is 288 cm³/mol. The van der Waals surface area contributed by atoms with Gasteiger partial charge in [0.1, 0.15) is 0 Å². The molecular formula is C61H46B2N6. The standard InChI is InChI=1S/C61H46B2N6/c1-61(2)54-40-44(30-35-52(54)53-36-32-47(42-55(53)61)63-66(48-20-9-4-10-21-48)56-26-15-16-27-57(56)67(63)49-22-11-5-12-23-49)45-31-37-58-59(41-45)69(50-24-13-6-14-25-50)62(46-18-7-3-8-19-46)68(58)51-33-28-43(29-34-51)60-64-38-17-39-65-60/h3-42H,1-2H3. The Morgan fingerprint density at radius 1 is 0.333 bits per heavy atom. The Labute approximate surface area is 404 Å². The van der Waals surface area contributed by atoms with Gasteiger partial charge in [-0.3, -0.25) is 0 Å². The highest BCUT2D eigenvalue weighted by atomic mass is 15.3. The second kappa shape index (κ2) is 16.3. The van der Waals surface area contributed by atoms with Crippen LogP contribution in [-0.4, -0.2) is 23.9 Å². The highest BCUT2D eigenvalue weighted by Crippen LogP contribution is 2.52. The number of benzene rings is 9. The Kier molecular flexibility index (Phi) is 9.61. The first-order chi connectivity index (χ1) is 34.0. The Balaban J connectivity index is 0.905. The summed E-state index contributed by atoms with van der Waals surface area (Å²) in [4.78, 5) is 19.0. The third-order valence-electron chi connectivity index (χ3n) is 14.4. The highest BCUT2D eigenvalue weighted by Gasteiger charge is 2.46. The lowest BCUT2D eigenvalue weighted by Crippen LogP contribution is -2.53. The molecular weight excluding hydrogens is 838 g/mol. The third-order valence-corrected chi connectivity index (χ3v) is 14.4. The molecule has 0 atom stereocenters. The van der Waals surface area contributed by atoms with Gasteiger partial charge >= 0.3 is 14.0 Å². The number of fused-ring (bicyclic) bond motifs is 5. The maximum Gasteiger partial charge on any atom is 0.420 e. The lowest BCUT2D eigenvalue weighted by atomic mass is 9.63. The number of aromatic nitrogens is 2. The van der Waals surface area contributed by atoms with Crippen molar-refractivity contribution in [1.29, 1.82) is 0 Å². The van der Waals surface area contributed by atoms with Crippen LogP contribution in [0.1, 0.15) is 25.0 Å². The molecule has 69 heavy (non-hydrogen) atoms. The van der Waals surface area contributed by atoms with Crippen LogP contribution in [0.4, 0.5) is 45.5 Å². The van der Waals surface area contributed by atoms with Gasteiger partial charge in [0, 0.05) is 46.1 Å². The molecule has 13 rings (SSSR count). The van der Waals surface area contributed by atoms with Crippen LogP contribution in [0, 0.1) is 0 Å². The van der Waals surface area contributed by atoms with Crippen LogP contribution in [0.15, 0.2) is 243 Å². The van der Waals surface area contributed by atoms with Gasteiger partial charge in [-0.25, -0.2) is 9.97 Å². The van der Waals surface area contributed by atoms with Crippen LogP contribution < -0.4 is 30.2 Å². The van der Waals surface area contributed by atoms with Crippen molar-refractivity contribution in [3.63, 3.8) is 0 Å². The van der Waals surface area contributed by atoms with Gasteiger partial charge in [-0.2, -0.15) is 0 Å². The summed E-state index contributed by atoms with van der Waals surface area (Å²) in [6.45, 7) is 4.57. The van der Waals surface area contributed by atoms with Gasteiger partial charge in [0.2, 0.25) is 0 Å². The molecule has 6 nitrogen and oxygen atoms in total. The third kappa shape index (κ3) is 6.66. The molecule has 8 heteroatoms. The summed E-state index contributed by atoms with van der Waals surface area (Å²) < 4.78 is 0. The molecule has 3 aliphatic rings. The predicted octanol–water partition coefficient (Wildman–Crippen LogP) is 13.5. The first-order valence-electron chi connectivity index (χ1n) is 23.8. The van der Waals surface area contributed by atoms with Crippen LogP contribution in [0.2, 0.25) is 0 Å². The van der Waals surface area contributed by atoms with Gasteiger partial charge in [-0.1, -0.05) is 147 Å². The minimum Gasteiger partial charge on any atom is -0.360 e. The molecule has 9 aromatic carbocycles. The van der Waals surface area contributed by atoms with E-state index in [1.54, 1.807) is 12.4 Å². The van der Waals surface area contributed by atoms with Crippen molar-refractivity contribution < 1.29 is 0 Å². The molecule has 0 N–H and O–H groups in total. The topological polar surface area (TPSA) is 38.7 Å². The van der Waals surface area contributed by atoms with Gasteiger partial charge in [0.05, 0.1) is 22.7 Å². The summed E-state index contributed by atoms with van der Waals surface area (Å²) in [7, 11) is 0. The van der Waals surface area contributed by atoms with Crippen LogP contribution >= 0.6 is 0 Å². The van der Waals surface area contributed by atoms with Crippen LogP contribution in [0.25, 0.3) is 33.6 Å². The monoisotopic (exact) mass is 884 g/mol. The minimum absolute atomic E-state index is 0.0957. The number of nitrogens with zero attached hydrogens (tertiary/aromatic N) is 6. The van der Waals surface area contributed by atoms with Crippen LogP contribution in [0.5, 0.6) is 0 Å². The molecule has 326 valence electrons. The maximum atomic E-state index is 4.52. The van der Waals surface area contributed by atoms with E-state index in [0.717, 1.165) is 39.7 Å². The molecule has 0 radical (unpaired) electrons. The van der Waals surface area contributed by atoms with Gasteiger partial charge in [0.25, 0.3) is 0 Å². The molecule has 10 aromatic rings. The summed E-state index contributed by atoms with van der Waals surface area (Å²) in [6, 6.07) is 84.0. The molecule has 3 heterocycles. The molecule has 2 aliphatic heterocycles. The Morgan fingerprint density at radius 2 is 0.754 bits per heavy atom. The van der Waals surface area contributed by atoms with Crippen molar-refractivity contribution in [2.75, 3.05) is 19.2 Å². The van der Waals surface area contributed by atoms with Gasteiger partial charge in [0.15, 0.2) is 5.82 Å². The summed E-state index contributed by atoms with van der Waals surface area (Å²) >= 11 is 0. The zero-order valence-electron chi connectivity index (χ0n) is 38.4. The van der Waals surface area contributed by atoms with Crippen molar-refractivity contribution in [1.82, 2.24) is 9.97 Å². The summed E-state index contributed by atoms with van der Waals surface area (Å²) in [5.41, 5.74) is 20.1. The molecule has 0 fully saturated rings. The number of hydrogen-bond donors (Lipinski definition) is 0. The summed E-state index contributed by atoms with van der Waals surface area (Å²) in [6.07, 6.45) is 3.58. The van der Waals surface area contributed by atoms with Crippen molar-refractivity contribution in [3.8, 4) is 33.6 Å². The zero-order valence-corrected chi connectivity index (χ0v) is 38.4. The second-order valence-electron chi connectivity index (χ2n) is 18.6. The minimum atomic E-state index is -0.254. The van der Waals surface area contributed by atoms with Crippen molar-refractivity contribution >= 4 is 70.4 Å². The molecule has 1 aromatic heterocycles. The quantitative estimate of drug-likeness (QED) is 0.142. The first-order valence-corrected chi connectivity index (χ1v) is 23.8. The number of hydrogen-bond acceptors (Lipinski definition) is 6. The second-order valence-corrected chi connectivity index (χ2v) is 18.6. The largest absolute Gasteiger partial charge is 0.420 e. The van der Waals surface area contributed by atoms with Crippen molar-refractivity contribution in [3.05, 3.63) is 254 Å². The molecule has 0 spiro atoms. The Bertz CT molecular complexity index is 3440. The maximum absolute atomic E-state index is 4.52. The fraction of sp³-hybridized carbons (Fsp3) is 0.0492. The molecule has 0 amide bonds. The van der Waals surface area contributed by atoms with E-state index < -0.39 is 0 Å². The SMILES string of the molecule is CC1(C)c2cc(B3N(c4ccccc4)c4ccccc4N3c3ccccc3)ccc2-c2ccc(-c3ccc4c(c3)N(c3ccccc3)B(c3ccccc3)N4c3ccc(-c4ncccn4)cc3)cc21. The average molecular weight is 885 g/mol. The van der Waals surface area contributed by atoms with Crippen molar-refractivity contribution in [2.24, 2.45) is 0 Å². The van der Waals surface area contributed by atoms with E-state index in [-0.39, 0.29) is 19.4 Å². The van der Waals surface area contributed by atoms with Crippen molar-refractivity contribution in [2.45, 2.75) is 19.3 Å². The smallest absolute Gasteiger partial charge is 0.360 e. The van der Waals surface area contributed by atoms with E-state index >= 15 is 0 Å². The molecule has 0 saturated heterocycles. The van der Waals surface area contributed by atoms with E-state index in [9.17, 15) is 0 Å². The van der Waals surface area contributed by atoms with E-state index in [2.05, 4.69) is 268 Å². The van der Waals surface area contributed by atoms with E-state index in [1.165, 1.54) is 55.7 Å². The fourth-order valence-corrected chi connectivity index (χ4v) is 11.2. The number of anilines is 8. The Hall–Kier alpha value is -8.61. The highest BCUT2D eigenvalue weighted by molar-refractivity contribution is 6.85.